The summed E-state index contributed by atoms with van der Waals surface area (Å²) in [4.78, 5) is 18.2. The largest absolute Gasteiger partial charge is 0.396 e. The highest BCUT2D eigenvalue weighted by atomic mass is 16.3. The highest BCUT2D eigenvalue weighted by Gasteiger charge is 2.32. The number of aromatic nitrogens is 1. The van der Waals surface area contributed by atoms with Gasteiger partial charge in [-0.05, 0) is 36.8 Å². The van der Waals surface area contributed by atoms with Crippen LogP contribution in [0.1, 0.15) is 24.1 Å². The van der Waals surface area contributed by atoms with Gasteiger partial charge in [0.2, 0.25) is 5.91 Å². The van der Waals surface area contributed by atoms with Gasteiger partial charge in [-0.3, -0.25) is 10.1 Å². The van der Waals surface area contributed by atoms with E-state index in [2.05, 4.69) is 22.4 Å². The highest BCUT2D eigenvalue weighted by Crippen LogP contribution is 2.27. The Morgan fingerprint density at radius 1 is 1.35 bits per heavy atom. The fraction of sp³-hybridized carbons (Fsp3) is 0.500. The molecule has 0 saturated carbocycles. The highest BCUT2D eigenvalue weighted by molar-refractivity contribution is 5.88. The number of hydrogen-bond acceptors (Lipinski definition) is 3. The second kappa shape index (κ2) is 5.98. The van der Waals surface area contributed by atoms with Crippen LogP contribution < -0.4 is 5.32 Å². The number of para-hydroxylation sites is 1. The van der Waals surface area contributed by atoms with Crippen molar-refractivity contribution in [2.45, 2.75) is 31.8 Å². The van der Waals surface area contributed by atoms with Crippen molar-refractivity contribution in [3.63, 3.8) is 0 Å². The topological polar surface area (TPSA) is 68.4 Å². The summed E-state index contributed by atoms with van der Waals surface area (Å²) in [6.45, 7) is 2.38. The van der Waals surface area contributed by atoms with E-state index in [0.29, 0.717) is 13.1 Å². The van der Waals surface area contributed by atoms with Crippen molar-refractivity contribution in [2.75, 3.05) is 19.7 Å². The normalized spacial score (nSPS) is 24.7. The average Bonchev–Trinajstić information content (AvgIpc) is 2.99. The Morgan fingerprint density at radius 2 is 2.22 bits per heavy atom. The number of likely N-dealkylation sites (tertiary alicyclic amines) is 1. The Bertz CT molecular complexity index is 724. The third-order valence-corrected chi connectivity index (χ3v) is 5.22. The zero-order valence-corrected chi connectivity index (χ0v) is 13.2. The lowest BCUT2D eigenvalue weighted by Gasteiger charge is -2.35. The summed E-state index contributed by atoms with van der Waals surface area (Å²) in [5.74, 6) is 0.416. The van der Waals surface area contributed by atoms with Gasteiger partial charge in [0, 0.05) is 42.8 Å². The van der Waals surface area contributed by atoms with Crippen molar-refractivity contribution < 1.29 is 9.90 Å². The first-order chi connectivity index (χ1) is 11.3. The smallest absolute Gasteiger partial charge is 0.240 e. The van der Waals surface area contributed by atoms with E-state index in [1.165, 1.54) is 16.6 Å². The van der Waals surface area contributed by atoms with Crippen LogP contribution in [0.2, 0.25) is 0 Å². The minimum atomic E-state index is -0.154. The van der Waals surface area contributed by atoms with Crippen LogP contribution in [-0.4, -0.2) is 46.6 Å². The molecule has 1 aromatic heterocycles. The molecule has 2 atom stereocenters. The Morgan fingerprint density at radius 3 is 3.09 bits per heavy atom. The summed E-state index contributed by atoms with van der Waals surface area (Å²) in [5, 5.41) is 14.0. The first-order valence-electron chi connectivity index (χ1n) is 8.47. The number of carbonyl (C=O) groups is 1. The molecule has 2 aliphatic heterocycles. The second-order valence-electron chi connectivity index (χ2n) is 6.74. The molecule has 1 saturated heterocycles. The molecule has 1 aromatic carbocycles. The van der Waals surface area contributed by atoms with E-state index >= 15 is 0 Å². The van der Waals surface area contributed by atoms with Crippen LogP contribution in [0.4, 0.5) is 0 Å². The van der Waals surface area contributed by atoms with Crippen LogP contribution >= 0.6 is 0 Å². The molecule has 3 heterocycles. The van der Waals surface area contributed by atoms with Crippen LogP contribution in [-0.2, 0) is 17.8 Å². The van der Waals surface area contributed by atoms with Crippen LogP contribution in [0.25, 0.3) is 10.9 Å². The Kier molecular flexibility index (Phi) is 3.83. The molecular weight excluding hydrogens is 290 g/mol. The van der Waals surface area contributed by atoms with E-state index in [9.17, 15) is 9.90 Å². The van der Waals surface area contributed by atoms with E-state index in [4.69, 9.17) is 0 Å². The third kappa shape index (κ3) is 2.64. The summed E-state index contributed by atoms with van der Waals surface area (Å²) in [6, 6.07) is 8.13. The molecule has 1 amide bonds. The molecule has 0 bridgehead atoms. The van der Waals surface area contributed by atoms with Crippen molar-refractivity contribution in [3.8, 4) is 0 Å². The van der Waals surface area contributed by atoms with Crippen LogP contribution in [0.5, 0.6) is 0 Å². The molecule has 1 unspecified atom stereocenters. The van der Waals surface area contributed by atoms with Gasteiger partial charge >= 0.3 is 0 Å². The van der Waals surface area contributed by atoms with Gasteiger partial charge in [0.05, 0.1) is 6.04 Å². The summed E-state index contributed by atoms with van der Waals surface area (Å²) in [5.41, 5.74) is 3.61. The number of aliphatic hydroxyl groups excluding tert-OH is 1. The average molecular weight is 313 g/mol. The number of aromatic amines is 1. The predicted molar refractivity (Wildman–Crippen MR) is 89.0 cm³/mol. The maximum atomic E-state index is 12.9. The van der Waals surface area contributed by atoms with Gasteiger partial charge in [0.15, 0.2) is 0 Å². The fourth-order valence-corrected chi connectivity index (χ4v) is 3.95. The molecule has 0 spiro atoms. The van der Waals surface area contributed by atoms with Crippen LogP contribution in [0.3, 0.4) is 0 Å². The zero-order valence-electron chi connectivity index (χ0n) is 13.2. The number of benzene rings is 1. The zero-order chi connectivity index (χ0) is 15.8. The molecule has 122 valence electrons. The number of amides is 1. The lowest BCUT2D eigenvalue weighted by Crippen LogP contribution is -2.52. The predicted octanol–water partition coefficient (Wildman–Crippen LogP) is 1.41. The SMILES string of the molecule is O=C([C@H]1Cc2c([nH]c3ccccc23)CN1)N1CCCC(CO)C1. The molecule has 0 radical (unpaired) electrons. The number of nitrogens with zero attached hydrogens (tertiary/aromatic N) is 1. The summed E-state index contributed by atoms with van der Waals surface area (Å²) < 4.78 is 0. The quantitative estimate of drug-likeness (QED) is 0.785. The maximum absolute atomic E-state index is 12.9. The van der Waals surface area contributed by atoms with Crippen LogP contribution in [0, 0.1) is 5.92 Å². The molecule has 5 heteroatoms. The summed E-state index contributed by atoms with van der Waals surface area (Å²) >= 11 is 0. The fourth-order valence-electron chi connectivity index (χ4n) is 3.95. The molecule has 4 rings (SSSR count). The molecule has 2 aromatic rings. The van der Waals surface area contributed by atoms with Crippen molar-refractivity contribution >= 4 is 16.8 Å². The molecule has 1 fully saturated rings. The number of carbonyl (C=O) groups excluding carboxylic acids is 1. The third-order valence-electron chi connectivity index (χ3n) is 5.22. The number of piperidine rings is 1. The summed E-state index contributed by atoms with van der Waals surface area (Å²) in [6.07, 6.45) is 2.74. The standard InChI is InChI=1S/C18H23N3O2/c22-11-12-4-3-7-21(10-12)18(23)16-8-14-13-5-1-2-6-15(13)20-17(14)9-19-16/h1-2,5-6,12,16,19-20,22H,3-4,7-11H2/t12?,16-/m1/s1. The van der Waals surface area contributed by atoms with E-state index in [1.54, 1.807) is 0 Å². The second-order valence-corrected chi connectivity index (χ2v) is 6.74. The van der Waals surface area contributed by atoms with Crippen molar-refractivity contribution in [1.82, 2.24) is 15.2 Å². The van der Waals surface area contributed by atoms with Gasteiger partial charge in [-0.2, -0.15) is 0 Å². The molecule has 0 aliphatic carbocycles. The van der Waals surface area contributed by atoms with E-state index < -0.39 is 0 Å². The number of fused-ring (bicyclic) bond motifs is 3. The number of rotatable bonds is 2. The van der Waals surface area contributed by atoms with Gasteiger partial charge in [0.25, 0.3) is 0 Å². The van der Waals surface area contributed by atoms with E-state index in [0.717, 1.165) is 31.3 Å². The van der Waals surface area contributed by atoms with Gasteiger partial charge in [-0.1, -0.05) is 18.2 Å². The summed E-state index contributed by atoms with van der Waals surface area (Å²) in [7, 11) is 0. The monoisotopic (exact) mass is 313 g/mol. The molecule has 3 N–H and O–H groups in total. The number of nitrogens with one attached hydrogen (secondary N) is 2. The van der Waals surface area contributed by atoms with Gasteiger partial charge in [-0.15, -0.1) is 0 Å². The lowest BCUT2D eigenvalue weighted by molar-refractivity contribution is -0.135. The van der Waals surface area contributed by atoms with E-state index in [-0.39, 0.29) is 24.5 Å². The minimum absolute atomic E-state index is 0.154. The molecule has 23 heavy (non-hydrogen) atoms. The first-order valence-corrected chi connectivity index (χ1v) is 8.47. The number of hydrogen-bond donors (Lipinski definition) is 3. The lowest BCUT2D eigenvalue weighted by atomic mass is 9.95. The molecule has 2 aliphatic rings. The minimum Gasteiger partial charge on any atom is -0.396 e. The van der Waals surface area contributed by atoms with Crippen molar-refractivity contribution in [2.24, 2.45) is 5.92 Å². The molecular formula is C18H23N3O2. The van der Waals surface area contributed by atoms with Crippen molar-refractivity contribution in [3.05, 3.63) is 35.5 Å². The molecule has 5 nitrogen and oxygen atoms in total. The first kappa shape index (κ1) is 14.7. The maximum Gasteiger partial charge on any atom is 0.240 e. The van der Waals surface area contributed by atoms with Gasteiger partial charge in [-0.25, -0.2) is 0 Å². The Labute approximate surface area is 135 Å². The Balaban J connectivity index is 1.54. The van der Waals surface area contributed by atoms with Crippen LogP contribution in [0.15, 0.2) is 24.3 Å². The number of H-pyrrole nitrogens is 1. The van der Waals surface area contributed by atoms with Gasteiger partial charge < -0.3 is 15.0 Å². The number of aliphatic hydroxyl groups is 1. The Hall–Kier alpha value is -1.85. The van der Waals surface area contributed by atoms with Gasteiger partial charge in [0.1, 0.15) is 0 Å². The van der Waals surface area contributed by atoms with E-state index in [1.807, 2.05) is 17.0 Å². The van der Waals surface area contributed by atoms with Crippen molar-refractivity contribution in [1.29, 1.82) is 0 Å².